The number of aromatic nitrogens is 2. The largest absolute Gasteiger partial charge is 0.451 e. The van der Waals surface area contributed by atoms with Gasteiger partial charge in [0.2, 0.25) is 11.7 Å². The molecule has 1 unspecified atom stereocenters. The van der Waals surface area contributed by atoms with E-state index < -0.39 is 33.3 Å². The van der Waals surface area contributed by atoms with E-state index in [-0.39, 0.29) is 27.8 Å². The van der Waals surface area contributed by atoms with Crippen LogP contribution in [0.3, 0.4) is 0 Å². The van der Waals surface area contributed by atoms with Gasteiger partial charge in [-0.3, -0.25) is 4.79 Å². The summed E-state index contributed by atoms with van der Waals surface area (Å²) in [6.07, 6.45) is -4.40. The van der Waals surface area contributed by atoms with Gasteiger partial charge in [0.1, 0.15) is 5.03 Å². The van der Waals surface area contributed by atoms with Crippen molar-refractivity contribution in [3.05, 3.63) is 30.1 Å². The molecule has 3 rings (SSSR count). The highest BCUT2D eigenvalue weighted by atomic mass is 32.2. The second-order valence-corrected chi connectivity index (χ2v) is 9.75. The smallest absolute Gasteiger partial charge is 0.349 e. The summed E-state index contributed by atoms with van der Waals surface area (Å²) >= 11 is 0.858. The Morgan fingerprint density at radius 2 is 2.00 bits per heavy atom. The van der Waals surface area contributed by atoms with E-state index >= 15 is 0 Å². The average Bonchev–Trinajstić information content (AvgIpc) is 2.84. The first-order valence-corrected chi connectivity index (χ1v) is 10.8. The standard InChI is InChI=1S/C16H16F3N3O3S2/c1-15(6-7-27(24,25)9-15)22-12(23)8-26-13-10-4-2-3-5-11(10)20-14(21-13)16(17,18)19/h2-5H,6-9H2,1H3,(H,22,23). The number of amides is 1. The van der Waals surface area contributed by atoms with Gasteiger partial charge in [-0.15, -0.1) is 0 Å². The lowest BCUT2D eigenvalue weighted by molar-refractivity contribution is -0.145. The number of para-hydroxylation sites is 1. The van der Waals surface area contributed by atoms with Crippen LogP contribution in [-0.2, 0) is 20.8 Å². The molecule has 0 radical (unpaired) electrons. The Hall–Kier alpha value is -1.88. The van der Waals surface area contributed by atoms with Crippen LogP contribution < -0.4 is 5.32 Å². The van der Waals surface area contributed by atoms with Crippen LogP contribution in [0.25, 0.3) is 10.9 Å². The number of halogens is 3. The van der Waals surface area contributed by atoms with Crippen LogP contribution in [0.5, 0.6) is 0 Å². The Kier molecular flexibility index (Phi) is 5.10. The number of alkyl halides is 3. The molecule has 0 bridgehead atoms. The highest BCUT2D eigenvalue weighted by molar-refractivity contribution is 8.00. The molecule has 1 fully saturated rings. The van der Waals surface area contributed by atoms with E-state index in [0.29, 0.717) is 11.8 Å². The van der Waals surface area contributed by atoms with Crippen LogP contribution in [0.1, 0.15) is 19.2 Å². The Morgan fingerprint density at radius 1 is 1.30 bits per heavy atom. The summed E-state index contributed by atoms with van der Waals surface area (Å²) in [4.78, 5) is 19.3. The lowest BCUT2D eigenvalue weighted by Gasteiger charge is -2.23. The molecule has 1 aliphatic heterocycles. The first-order valence-electron chi connectivity index (χ1n) is 7.96. The summed E-state index contributed by atoms with van der Waals surface area (Å²) < 4.78 is 62.3. The van der Waals surface area contributed by atoms with Gasteiger partial charge in [0, 0.05) is 5.39 Å². The zero-order chi connectivity index (χ0) is 19.9. The lowest BCUT2D eigenvalue weighted by atomic mass is 10.0. The van der Waals surface area contributed by atoms with Crippen LogP contribution in [0.2, 0.25) is 0 Å². The fraction of sp³-hybridized carbons (Fsp3) is 0.438. The molecule has 1 atom stereocenters. The number of thioether (sulfide) groups is 1. The maximum atomic E-state index is 13.0. The Labute approximate surface area is 157 Å². The van der Waals surface area contributed by atoms with Gasteiger partial charge in [-0.2, -0.15) is 13.2 Å². The van der Waals surface area contributed by atoms with Crippen molar-refractivity contribution < 1.29 is 26.4 Å². The van der Waals surface area contributed by atoms with Crippen molar-refractivity contribution in [3.8, 4) is 0 Å². The number of sulfone groups is 1. The maximum absolute atomic E-state index is 13.0. The molecule has 2 aromatic rings. The minimum absolute atomic E-state index is 0.00239. The number of hydrogen-bond acceptors (Lipinski definition) is 6. The summed E-state index contributed by atoms with van der Waals surface area (Å²) in [5.74, 6) is -2.06. The summed E-state index contributed by atoms with van der Waals surface area (Å²) in [7, 11) is -3.18. The van der Waals surface area contributed by atoms with Crippen LogP contribution in [0, 0.1) is 0 Å². The van der Waals surface area contributed by atoms with Crippen molar-refractivity contribution >= 4 is 38.4 Å². The molecule has 6 nitrogen and oxygen atoms in total. The lowest BCUT2D eigenvalue weighted by Crippen LogP contribution is -2.47. The zero-order valence-electron chi connectivity index (χ0n) is 14.2. The highest BCUT2D eigenvalue weighted by Gasteiger charge is 2.39. The molecule has 0 spiro atoms. The van der Waals surface area contributed by atoms with E-state index in [9.17, 15) is 26.4 Å². The van der Waals surface area contributed by atoms with Gasteiger partial charge in [-0.25, -0.2) is 18.4 Å². The van der Waals surface area contributed by atoms with Crippen molar-refractivity contribution in [2.45, 2.75) is 30.1 Å². The third kappa shape index (κ3) is 4.70. The first kappa shape index (κ1) is 19.9. The molecule has 1 aliphatic rings. The number of rotatable bonds is 4. The fourth-order valence-corrected chi connectivity index (χ4v) is 5.81. The number of nitrogens with zero attached hydrogens (tertiary/aromatic N) is 2. The fourth-order valence-electron chi connectivity index (χ4n) is 2.90. The SMILES string of the molecule is CC1(NC(=O)CSc2nc(C(F)(F)F)nc3ccccc23)CCS(=O)(=O)C1. The Morgan fingerprint density at radius 3 is 2.63 bits per heavy atom. The Balaban J connectivity index is 1.77. The summed E-state index contributed by atoms with van der Waals surface area (Å²) in [6, 6.07) is 6.24. The van der Waals surface area contributed by atoms with Crippen molar-refractivity contribution in [1.29, 1.82) is 0 Å². The molecule has 1 saturated heterocycles. The van der Waals surface area contributed by atoms with Gasteiger partial charge in [0.05, 0.1) is 28.3 Å². The third-order valence-corrected chi connectivity index (χ3v) is 7.00. The number of hydrogen-bond donors (Lipinski definition) is 1. The topological polar surface area (TPSA) is 89.0 Å². The molecule has 146 valence electrons. The summed E-state index contributed by atoms with van der Waals surface area (Å²) in [5.41, 5.74) is -0.724. The summed E-state index contributed by atoms with van der Waals surface area (Å²) in [5, 5.41) is 3.13. The average molecular weight is 419 g/mol. The number of nitrogens with one attached hydrogen (secondary N) is 1. The van der Waals surface area contributed by atoms with Gasteiger partial charge >= 0.3 is 6.18 Å². The molecule has 0 aliphatic carbocycles. The van der Waals surface area contributed by atoms with Crippen LogP contribution in [0.15, 0.2) is 29.3 Å². The van der Waals surface area contributed by atoms with E-state index in [2.05, 4.69) is 15.3 Å². The molecule has 27 heavy (non-hydrogen) atoms. The van der Waals surface area contributed by atoms with E-state index in [0.717, 1.165) is 11.8 Å². The van der Waals surface area contributed by atoms with Gasteiger partial charge < -0.3 is 5.32 Å². The summed E-state index contributed by atoms with van der Waals surface area (Å²) in [6.45, 7) is 1.64. The molecular formula is C16H16F3N3O3S2. The van der Waals surface area contributed by atoms with E-state index in [1.807, 2.05) is 0 Å². The molecular weight excluding hydrogens is 403 g/mol. The van der Waals surface area contributed by atoms with E-state index in [1.165, 1.54) is 6.07 Å². The van der Waals surface area contributed by atoms with Gasteiger partial charge in [-0.1, -0.05) is 30.0 Å². The second kappa shape index (κ2) is 6.93. The van der Waals surface area contributed by atoms with Crippen molar-refractivity contribution in [3.63, 3.8) is 0 Å². The first-order chi connectivity index (χ1) is 12.5. The van der Waals surface area contributed by atoms with E-state index in [4.69, 9.17) is 0 Å². The second-order valence-electron chi connectivity index (χ2n) is 6.61. The van der Waals surface area contributed by atoms with Gasteiger partial charge in [-0.05, 0) is 19.4 Å². The van der Waals surface area contributed by atoms with Crippen molar-refractivity contribution in [2.24, 2.45) is 0 Å². The van der Waals surface area contributed by atoms with Crippen LogP contribution in [-0.4, -0.2) is 47.1 Å². The zero-order valence-corrected chi connectivity index (χ0v) is 15.8. The van der Waals surface area contributed by atoms with Crippen molar-refractivity contribution in [2.75, 3.05) is 17.3 Å². The minimum atomic E-state index is -4.70. The molecule has 1 amide bonds. The predicted octanol–water partition coefficient (Wildman–Crippen LogP) is 2.43. The van der Waals surface area contributed by atoms with E-state index in [1.54, 1.807) is 25.1 Å². The molecule has 1 aromatic carbocycles. The number of carbonyl (C=O) groups is 1. The molecule has 2 heterocycles. The normalized spacial score (nSPS) is 22.1. The minimum Gasteiger partial charge on any atom is -0.349 e. The van der Waals surface area contributed by atoms with Gasteiger partial charge in [0.25, 0.3) is 0 Å². The highest BCUT2D eigenvalue weighted by Crippen LogP contribution is 2.32. The molecule has 1 N–H and O–H groups in total. The maximum Gasteiger partial charge on any atom is 0.451 e. The van der Waals surface area contributed by atoms with Crippen LogP contribution >= 0.6 is 11.8 Å². The predicted molar refractivity (Wildman–Crippen MR) is 95.1 cm³/mol. The number of fused-ring (bicyclic) bond motifs is 1. The third-order valence-electron chi connectivity index (χ3n) is 4.11. The Bertz CT molecular complexity index is 995. The van der Waals surface area contributed by atoms with Crippen molar-refractivity contribution in [1.82, 2.24) is 15.3 Å². The molecule has 1 aromatic heterocycles. The molecule has 0 saturated carbocycles. The number of carbonyl (C=O) groups excluding carboxylic acids is 1. The number of benzene rings is 1. The molecule has 11 heteroatoms. The monoisotopic (exact) mass is 419 g/mol. The van der Waals surface area contributed by atoms with Gasteiger partial charge in [0.15, 0.2) is 9.84 Å². The quantitative estimate of drug-likeness (QED) is 0.605. The van der Waals surface area contributed by atoms with Crippen LogP contribution in [0.4, 0.5) is 13.2 Å².